The molecule has 0 spiro atoms. The van der Waals surface area contributed by atoms with Gasteiger partial charge in [-0.1, -0.05) is 23.8 Å². The van der Waals surface area contributed by atoms with Crippen LogP contribution in [0.1, 0.15) is 11.1 Å². The van der Waals surface area contributed by atoms with Crippen molar-refractivity contribution in [1.29, 1.82) is 0 Å². The highest BCUT2D eigenvalue weighted by atomic mass is 32.2. The molecule has 0 saturated heterocycles. The van der Waals surface area contributed by atoms with Gasteiger partial charge in [-0.2, -0.15) is 0 Å². The molecule has 0 amide bonds. The van der Waals surface area contributed by atoms with Crippen molar-refractivity contribution in [2.24, 2.45) is 0 Å². The highest BCUT2D eigenvalue weighted by Gasteiger charge is 2.23. The Morgan fingerprint density at radius 2 is 1.78 bits per heavy atom. The van der Waals surface area contributed by atoms with Crippen molar-refractivity contribution in [2.45, 2.75) is 18.2 Å². The van der Waals surface area contributed by atoms with Crippen molar-refractivity contribution in [2.75, 3.05) is 13.7 Å². The molecule has 0 atom stereocenters. The topological polar surface area (TPSA) is 55.4 Å². The Morgan fingerprint density at radius 1 is 1.13 bits per heavy atom. The number of halogens is 2. The molecule has 0 bridgehead atoms. The molecule has 7 heteroatoms. The molecule has 0 aliphatic rings. The molecule has 0 fully saturated rings. The monoisotopic (exact) mass is 341 g/mol. The second-order valence-corrected chi connectivity index (χ2v) is 6.72. The van der Waals surface area contributed by atoms with Crippen LogP contribution in [0, 0.1) is 18.6 Å². The second-order valence-electron chi connectivity index (χ2n) is 5.01. The van der Waals surface area contributed by atoms with Crippen LogP contribution in [0.4, 0.5) is 8.78 Å². The van der Waals surface area contributed by atoms with E-state index in [1.807, 2.05) is 19.1 Å². The maximum absolute atomic E-state index is 13.6. The summed E-state index contributed by atoms with van der Waals surface area (Å²) >= 11 is 0. The molecule has 2 rings (SSSR count). The van der Waals surface area contributed by atoms with Gasteiger partial charge in [0.1, 0.15) is 17.4 Å². The number of rotatable bonds is 6. The molecule has 0 heterocycles. The van der Waals surface area contributed by atoms with Crippen LogP contribution in [0.3, 0.4) is 0 Å². The summed E-state index contributed by atoms with van der Waals surface area (Å²) in [5.41, 5.74) is 1.81. The second kappa shape index (κ2) is 7.06. The van der Waals surface area contributed by atoms with Gasteiger partial charge in [0.25, 0.3) is 0 Å². The molecule has 0 radical (unpaired) electrons. The number of sulfonamides is 1. The van der Waals surface area contributed by atoms with E-state index in [2.05, 4.69) is 4.72 Å². The Bertz CT molecular complexity index is 787. The van der Waals surface area contributed by atoms with Crippen LogP contribution in [0.5, 0.6) is 5.75 Å². The largest absolute Gasteiger partial charge is 0.496 e. The van der Waals surface area contributed by atoms with E-state index in [0.29, 0.717) is 12.2 Å². The molecule has 0 aliphatic carbocycles. The van der Waals surface area contributed by atoms with E-state index in [-0.39, 0.29) is 6.54 Å². The Morgan fingerprint density at radius 3 is 2.39 bits per heavy atom. The Labute approximate surface area is 134 Å². The first-order chi connectivity index (χ1) is 10.8. The van der Waals surface area contributed by atoms with Crippen LogP contribution < -0.4 is 9.46 Å². The molecule has 0 saturated carbocycles. The van der Waals surface area contributed by atoms with Gasteiger partial charge in [0, 0.05) is 6.54 Å². The molecule has 2 aromatic rings. The Balaban J connectivity index is 2.13. The normalized spacial score (nSPS) is 11.5. The van der Waals surface area contributed by atoms with Gasteiger partial charge in [-0.25, -0.2) is 21.9 Å². The molecular formula is C16H17F2NO3S. The van der Waals surface area contributed by atoms with E-state index in [1.165, 1.54) is 7.11 Å². The first kappa shape index (κ1) is 17.4. The SMILES string of the molecule is COc1ccc(C)cc1CCNS(=O)(=O)c1c(F)cccc1F. The number of hydrogen-bond acceptors (Lipinski definition) is 3. The van der Waals surface area contributed by atoms with Crippen molar-refractivity contribution in [1.82, 2.24) is 4.72 Å². The minimum atomic E-state index is -4.26. The van der Waals surface area contributed by atoms with Crippen molar-refractivity contribution in [3.05, 3.63) is 59.2 Å². The molecule has 2 aromatic carbocycles. The number of nitrogens with one attached hydrogen (secondary N) is 1. The molecule has 0 aliphatic heterocycles. The highest BCUT2D eigenvalue weighted by molar-refractivity contribution is 7.89. The average Bonchev–Trinajstić information content (AvgIpc) is 2.47. The first-order valence-electron chi connectivity index (χ1n) is 6.92. The van der Waals surface area contributed by atoms with Gasteiger partial charge >= 0.3 is 0 Å². The third-order valence-corrected chi connectivity index (χ3v) is 4.82. The zero-order valence-electron chi connectivity index (χ0n) is 12.8. The smallest absolute Gasteiger partial charge is 0.246 e. The number of methoxy groups -OCH3 is 1. The number of aryl methyl sites for hydroxylation is 1. The van der Waals surface area contributed by atoms with Crippen LogP contribution in [0.2, 0.25) is 0 Å². The van der Waals surface area contributed by atoms with E-state index in [9.17, 15) is 17.2 Å². The summed E-state index contributed by atoms with van der Waals surface area (Å²) < 4.78 is 58.7. The van der Waals surface area contributed by atoms with E-state index in [1.54, 1.807) is 6.07 Å². The van der Waals surface area contributed by atoms with E-state index in [0.717, 1.165) is 29.3 Å². The van der Waals surface area contributed by atoms with Crippen molar-refractivity contribution in [3.63, 3.8) is 0 Å². The number of hydrogen-bond donors (Lipinski definition) is 1. The van der Waals surface area contributed by atoms with E-state index in [4.69, 9.17) is 4.74 Å². The minimum Gasteiger partial charge on any atom is -0.496 e. The molecule has 1 N–H and O–H groups in total. The van der Waals surface area contributed by atoms with Gasteiger partial charge < -0.3 is 4.74 Å². The Kier molecular flexibility index (Phi) is 5.33. The molecule has 124 valence electrons. The van der Waals surface area contributed by atoms with Crippen LogP contribution in [-0.4, -0.2) is 22.1 Å². The third kappa shape index (κ3) is 4.05. The van der Waals surface area contributed by atoms with Crippen LogP contribution in [-0.2, 0) is 16.4 Å². The molecule has 0 unspecified atom stereocenters. The van der Waals surface area contributed by atoms with E-state index < -0.39 is 26.6 Å². The van der Waals surface area contributed by atoms with Gasteiger partial charge in [0.2, 0.25) is 10.0 Å². The predicted molar refractivity (Wildman–Crippen MR) is 83.0 cm³/mol. The first-order valence-corrected chi connectivity index (χ1v) is 8.40. The highest BCUT2D eigenvalue weighted by Crippen LogP contribution is 2.21. The van der Waals surface area contributed by atoms with Crippen LogP contribution >= 0.6 is 0 Å². The maximum Gasteiger partial charge on any atom is 0.246 e. The summed E-state index contributed by atoms with van der Waals surface area (Å²) in [4.78, 5) is -0.962. The summed E-state index contributed by atoms with van der Waals surface area (Å²) in [5, 5.41) is 0. The van der Waals surface area contributed by atoms with Gasteiger partial charge in [0.05, 0.1) is 7.11 Å². The lowest BCUT2D eigenvalue weighted by atomic mass is 10.1. The van der Waals surface area contributed by atoms with Crippen molar-refractivity contribution >= 4 is 10.0 Å². The Hall–Kier alpha value is -1.99. The van der Waals surface area contributed by atoms with Crippen LogP contribution in [0.15, 0.2) is 41.3 Å². The third-order valence-electron chi connectivity index (χ3n) is 3.31. The van der Waals surface area contributed by atoms with Gasteiger partial charge in [0.15, 0.2) is 4.90 Å². The van der Waals surface area contributed by atoms with Gasteiger partial charge in [-0.3, -0.25) is 0 Å². The number of ether oxygens (including phenoxy) is 1. The lowest BCUT2D eigenvalue weighted by Gasteiger charge is -2.11. The quantitative estimate of drug-likeness (QED) is 0.879. The zero-order chi connectivity index (χ0) is 17.0. The van der Waals surface area contributed by atoms with Gasteiger partial charge in [-0.15, -0.1) is 0 Å². The van der Waals surface area contributed by atoms with Crippen molar-refractivity contribution < 1.29 is 21.9 Å². The fourth-order valence-electron chi connectivity index (χ4n) is 2.23. The lowest BCUT2D eigenvalue weighted by molar-refractivity contribution is 0.409. The predicted octanol–water partition coefficient (Wildman–Crippen LogP) is 2.80. The molecule has 23 heavy (non-hydrogen) atoms. The lowest BCUT2D eigenvalue weighted by Crippen LogP contribution is -2.27. The molecule has 4 nitrogen and oxygen atoms in total. The number of benzene rings is 2. The summed E-state index contributed by atoms with van der Waals surface area (Å²) in [6.07, 6.45) is 0.333. The standard InChI is InChI=1S/C16H17F2NO3S/c1-11-6-7-15(22-2)12(10-11)8-9-19-23(20,21)16-13(17)4-3-5-14(16)18/h3-7,10,19H,8-9H2,1-2H3. The maximum atomic E-state index is 13.6. The summed E-state index contributed by atoms with van der Waals surface area (Å²) in [6.45, 7) is 1.90. The molecule has 0 aromatic heterocycles. The molecular weight excluding hydrogens is 324 g/mol. The zero-order valence-corrected chi connectivity index (χ0v) is 13.6. The van der Waals surface area contributed by atoms with E-state index >= 15 is 0 Å². The van der Waals surface area contributed by atoms with Crippen molar-refractivity contribution in [3.8, 4) is 5.75 Å². The van der Waals surface area contributed by atoms with Gasteiger partial charge in [-0.05, 0) is 37.1 Å². The summed E-state index contributed by atoms with van der Waals surface area (Å²) in [6, 6.07) is 8.46. The minimum absolute atomic E-state index is 0.00405. The average molecular weight is 341 g/mol. The fourth-order valence-corrected chi connectivity index (χ4v) is 3.40. The summed E-state index contributed by atoms with van der Waals surface area (Å²) in [5.74, 6) is -1.61. The van der Waals surface area contributed by atoms with Crippen LogP contribution in [0.25, 0.3) is 0 Å². The fraction of sp³-hybridized carbons (Fsp3) is 0.250. The summed E-state index contributed by atoms with van der Waals surface area (Å²) in [7, 11) is -2.74.